The van der Waals surface area contributed by atoms with Crippen molar-refractivity contribution in [1.29, 1.82) is 0 Å². The second-order valence-corrected chi connectivity index (χ2v) is 5.77. The standard InChI is InChI=1S/C16H17NO4/c1-8-7-10(15(18)19)13(16(20)21)12-9-5-3-4-6-11(9)17(2)14(8)12/h3-6,8,10,13H,7H2,1-2H3,(H,18,19)(H,20,21)/t8-,10-,13?/m1/s1. The summed E-state index contributed by atoms with van der Waals surface area (Å²) < 4.78 is 2.00. The van der Waals surface area contributed by atoms with Gasteiger partial charge in [0.25, 0.3) is 0 Å². The average Bonchev–Trinajstić information content (AvgIpc) is 2.73. The molecule has 1 unspecified atom stereocenters. The molecule has 2 aromatic rings. The van der Waals surface area contributed by atoms with E-state index in [1.54, 1.807) is 0 Å². The summed E-state index contributed by atoms with van der Waals surface area (Å²) in [4.78, 5) is 23.2. The summed E-state index contributed by atoms with van der Waals surface area (Å²) in [6.07, 6.45) is 0.351. The van der Waals surface area contributed by atoms with Crippen LogP contribution in [0.5, 0.6) is 0 Å². The monoisotopic (exact) mass is 287 g/mol. The Hall–Kier alpha value is -2.30. The minimum Gasteiger partial charge on any atom is -0.481 e. The van der Waals surface area contributed by atoms with Gasteiger partial charge in [-0.25, -0.2) is 0 Å². The average molecular weight is 287 g/mol. The highest BCUT2D eigenvalue weighted by molar-refractivity contribution is 5.94. The highest BCUT2D eigenvalue weighted by atomic mass is 16.4. The van der Waals surface area contributed by atoms with Gasteiger partial charge < -0.3 is 14.8 Å². The fourth-order valence-electron chi connectivity index (χ4n) is 3.73. The number of aromatic nitrogens is 1. The Kier molecular flexibility index (Phi) is 3.01. The van der Waals surface area contributed by atoms with Crippen LogP contribution in [0.2, 0.25) is 0 Å². The molecule has 0 aliphatic heterocycles. The molecule has 0 radical (unpaired) electrons. The van der Waals surface area contributed by atoms with Crippen molar-refractivity contribution in [2.45, 2.75) is 25.2 Å². The summed E-state index contributed by atoms with van der Waals surface area (Å²) in [6, 6.07) is 7.58. The van der Waals surface area contributed by atoms with Gasteiger partial charge in [-0.1, -0.05) is 25.1 Å². The first-order valence-electron chi connectivity index (χ1n) is 6.96. The van der Waals surface area contributed by atoms with E-state index in [2.05, 4.69) is 0 Å². The van der Waals surface area contributed by atoms with E-state index in [9.17, 15) is 19.8 Å². The minimum absolute atomic E-state index is 0.0223. The van der Waals surface area contributed by atoms with E-state index < -0.39 is 23.8 Å². The van der Waals surface area contributed by atoms with Crippen molar-refractivity contribution in [3.8, 4) is 0 Å². The Morgan fingerprint density at radius 2 is 1.86 bits per heavy atom. The van der Waals surface area contributed by atoms with Gasteiger partial charge in [0.15, 0.2) is 0 Å². The van der Waals surface area contributed by atoms with Crippen molar-refractivity contribution in [1.82, 2.24) is 4.57 Å². The minimum atomic E-state index is -1.06. The van der Waals surface area contributed by atoms with E-state index in [1.807, 2.05) is 42.8 Å². The number of rotatable bonds is 2. The Morgan fingerprint density at radius 1 is 1.19 bits per heavy atom. The normalized spacial score (nSPS) is 24.8. The number of carbonyl (C=O) groups is 2. The quantitative estimate of drug-likeness (QED) is 0.889. The predicted molar refractivity (Wildman–Crippen MR) is 77.5 cm³/mol. The summed E-state index contributed by atoms with van der Waals surface area (Å²) in [5.74, 6) is -3.94. The molecule has 0 bridgehead atoms. The molecular formula is C16H17NO4. The van der Waals surface area contributed by atoms with Gasteiger partial charge in [0, 0.05) is 23.6 Å². The highest BCUT2D eigenvalue weighted by Gasteiger charge is 2.44. The SMILES string of the molecule is C[C@@H]1C[C@@H](C(=O)O)C(C(=O)O)c2c1n(C)c1ccccc21. The molecule has 2 N–H and O–H groups in total. The number of carboxylic acids is 2. The second-order valence-electron chi connectivity index (χ2n) is 5.77. The van der Waals surface area contributed by atoms with Crippen LogP contribution in [0.25, 0.3) is 10.9 Å². The van der Waals surface area contributed by atoms with E-state index >= 15 is 0 Å². The summed E-state index contributed by atoms with van der Waals surface area (Å²) in [7, 11) is 1.91. The third-order valence-corrected chi connectivity index (χ3v) is 4.56. The molecule has 1 aliphatic rings. The van der Waals surface area contributed by atoms with Crippen LogP contribution >= 0.6 is 0 Å². The fraction of sp³-hybridized carbons (Fsp3) is 0.375. The molecule has 3 rings (SSSR count). The first kappa shape index (κ1) is 13.7. The summed E-state index contributed by atoms with van der Waals surface area (Å²) in [5, 5.41) is 19.8. The van der Waals surface area contributed by atoms with Crippen LogP contribution in [0, 0.1) is 5.92 Å². The molecule has 3 atom stereocenters. The van der Waals surface area contributed by atoms with Gasteiger partial charge in [-0.2, -0.15) is 0 Å². The van der Waals surface area contributed by atoms with Crippen LogP contribution in [0.4, 0.5) is 0 Å². The topological polar surface area (TPSA) is 79.5 Å². The van der Waals surface area contributed by atoms with Gasteiger partial charge >= 0.3 is 11.9 Å². The largest absolute Gasteiger partial charge is 0.481 e. The van der Waals surface area contributed by atoms with E-state index in [0.717, 1.165) is 16.6 Å². The molecule has 5 heteroatoms. The zero-order chi connectivity index (χ0) is 15.3. The zero-order valence-electron chi connectivity index (χ0n) is 11.9. The van der Waals surface area contributed by atoms with Crippen molar-refractivity contribution in [2.24, 2.45) is 13.0 Å². The van der Waals surface area contributed by atoms with E-state index in [1.165, 1.54) is 0 Å². The van der Waals surface area contributed by atoms with Crippen molar-refractivity contribution in [2.75, 3.05) is 0 Å². The van der Waals surface area contributed by atoms with Crippen LogP contribution < -0.4 is 0 Å². The molecule has 1 aromatic heterocycles. The number of aryl methyl sites for hydroxylation is 1. The molecule has 5 nitrogen and oxygen atoms in total. The number of nitrogens with zero attached hydrogens (tertiary/aromatic N) is 1. The number of aliphatic carboxylic acids is 2. The maximum atomic E-state index is 11.7. The van der Waals surface area contributed by atoms with Gasteiger partial charge in [-0.3, -0.25) is 9.59 Å². The molecule has 0 fully saturated rings. The molecule has 1 aliphatic carbocycles. The van der Waals surface area contributed by atoms with Gasteiger partial charge in [-0.05, 0) is 24.0 Å². The van der Waals surface area contributed by atoms with Crippen molar-refractivity contribution in [3.05, 3.63) is 35.5 Å². The number of benzene rings is 1. The molecule has 0 saturated heterocycles. The highest BCUT2D eigenvalue weighted by Crippen LogP contribution is 2.47. The third kappa shape index (κ3) is 1.84. The molecular weight excluding hydrogens is 270 g/mol. The molecule has 21 heavy (non-hydrogen) atoms. The summed E-state index contributed by atoms with van der Waals surface area (Å²) >= 11 is 0. The van der Waals surface area contributed by atoms with Gasteiger partial charge in [0.05, 0.1) is 11.8 Å². The maximum Gasteiger partial charge on any atom is 0.311 e. The predicted octanol–water partition coefficient (Wildman–Crippen LogP) is 2.55. The molecule has 0 saturated carbocycles. The first-order valence-corrected chi connectivity index (χ1v) is 6.96. The Morgan fingerprint density at radius 3 is 2.48 bits per heavy atom. The summed E-state index contributed by atoms with van der Waals surface area (Å²) in [6.45, 7) is 1.96. The molecule has 0 amide bonds. The van der Waals surface area contributed by atoms with Gasteiger partial charge in [0.2, 0.25) is 0 Å². The lowest BCUT2D eigenvalue weighted by molar-refractivity contribution is -0.151. The number of carboxylic acid groups (broad SMARTS) is 2. The molecule has 1 heterocycles. The maximum absolute atomic E-state index is 11.7. The Bertz CT molecular complexity index is 746. The van der Waals surface area contributed by atoms with Crippen LogP contribution in [0.15, 0.2) is 24.3 Å². The van der Waals surface area contributed by atoms with Crippen LogP contribution in [-0.4, -0.2) is 26.7 Å². The van der Waals surface area contributed by atoms with Crippen molar-refractivity contribution < 1.29 is 19.8 Å². The second kappa shape index (κ2) is 4.62. The number of hydrogen-bond donors (Lipinski definition) is 2. The zero-order valence-corrected chi connectivity index (χ0v) is 11.9. The third-order valence-electron chi connectivity index (χ3n) is 4.56. The number of hydrogen-bond acceptors (Lipinski definition) is 2. The molecule has 1 aromatic carbocycles. The van der Waals surface area contributed by atoms with Crippen molar-refractivity contribution in [3.63, 3.8) is 0 Å². The lowest BCUT2D eigenvalue weighted by Gasteiger charge is -2.31. The smallest absolute Gasteiger partial charge is 0.311 e. The number of fused-ring (bicyclic) bond motifs is 3. The summed E-state index contributed by atoms with van der Waals surface area (Å²) in [5.41, 5.74) is 2.57. The Balaban J connectivity index is 2.36. The van der Waals surface area contributed by atoms with Crippen molar-refractivity contribution >= 4 is 22.8 Å². The van der Waals surface area contributed by atoms with Crippen LogP contribution in [0.3, 0.4) is 0 Å². The van der Waals surface area contributed by atoms with Crippen LogP contribution in [-0.2, 0) is 16.6 Å². The lowest BCUT2D eigenvalue weighted by atomic mass is 9.72. The van der Waals surface area contributed by atoms with Gasteiger partial charge in [0.1, 0.15) is 0 Å². The molecule has 0 spiro atoms. The first-order chi connectivity index (χ1) is 9.93. The van der Waals surface area contributed by atoms with Crippen LogP contribution in [0.1, 0.15) is 36.4 Å². The lowest BCUT2D eigenvalue weighted by Crippen LogP contribution is -2.33. The Labute approximate surface area is 121 Å². The van der Waals surface area contributed by atoms with E-state index in [4.69, 9.17) is 0 Å². The van der Waals surface area contributed by atoms with E-state index in [0.29, 0.717) is 12.0 Å². The fourth-order valence-corrected chi connectivity index (χ4v) is 3.73. The van der Waals surface area contributed by atoms with Gasteiger partial charge in [-0.15, -0.1) is 0 Å². The number of para-hydroxylation sites is 1. The van der Waals surface area contributed by atoms with E-state index in [-0.39, 0.29) is 5.92 Å². The molecule has 110 valence electrons.